The number of fused-ring (bicyclic) bond motifs is 4. The van der Waals surface area contributed by atoms with Crippen molar-refractivity contribution in [1.29, 1.82) is 0 Å². The number of rotatable bonds is 6. The lowest BCUT2D eigenvalue weighted by Crippen LogP contribution is -2.53. The van der Waals surface area contributed by atoms with Gasteiger partial charge in [0.15, 0.2) is 0 Å². The molecule has 1 unspecified atom stereocenters. The lowest BCUT2D eigenvalue weighted by atomic mass is 9.53. The van der Waals surface area contributed by atoms with E-state index in [1.807, 2.05) is 0 Å². The summed E-state index contributed by atoms with van der Waals surface area (Å²) in [4.78, 5) is 52.8. The summed E-state index contributed by atoms with van der Waals surface area (Å²) in [6, 6.07) is 6.68. The van der Waals surface area contributed by atoms with Crippen LogP contribution in [0.15, 0.2) is 24.3 Å². The van der Waals surface area contributed by atoms with Crippen molar-refractivity contribution in [3.8, 4) is 0 Å². The van der Waals surface area contributed by atoms with Crippen LogP contribution in [0.25, 0.3) is 0 Å². The van der Waals surface area contributed by atoms with Gasteiger partial charge in [-0.1, -0.05) is 38.3 Å². The maximum absolute atomic E-state index is 13.7. The van der Waals surface area contributed by atoms with Gasteiger partial charge in [-0.15, -0.1) is 0 Å². The van der Waals surface area contributed by atoms with Crippen molar-refractivity contribution in [1.82, 2.24) is 0 Å². The number of anilines is 2. The van der Waals surface area contributed by atoms with Crippen LogP contribution in [-0.4, -0.2) is 43.0 Å². The lowest BCUT2D eigenvalue weighted by molar-refractivity contribution is -0.153. The highest BCUT2D eigenvalue weighted by Gasteiger charge is 2.49. The minimum atomic E-state index is -0.993. The second-order valence-electron chi connectivity index (χ2n) is 13.0. The van der Waals surface area contributed by atoms with Crippen LogP contribution in [0.4, 0.5) is 11.4 Å². The number of para-hydroxylation sites is 2. The van der Waals surface area contributed by atoms with E-state index in [4.69, 9.17) is 9.47 Å². The number of nitrogens with zero attached hydrogens (tertiary/aromatic N) is 1. The molecule has 4 aliphatic carbocycles. The molecular weight excluding hydrogens is 520 g/mol. The highest BCUT2D eigenvalue weighted by atomic mass is 16.5. The van der Waals surface area contributed by atoms with Crippen LogP contribution in [0, 0.1) is 41.4 Å². The van der Waals surface area contributed by atoms with E-state index < -0.39 is 23.8 Å². The van der Waals surface area contributed by atoms with Gasteiger partial charge >= 0.3 is 23.8 Å². The normalized spacial score (nSPS) is 32.4. The van der Waals surface area contributed by atoms with E-state index in [1.54, 1.807) is 43.0 Å². The van der Waals surface area contributed by atoms with Crippen LogP contribution < -0.4 is 10.2 Å². The molecular formula is C33H46N2O6. The predicted molar refractivity (Wildman–Crippen MR) is 156 cm³/mol. The summed E-state index contributed by atoms with van der Waals surface area (Å²) in [6.45, 7) is 5.90. The van der Waals surface area contributed by atoms with Crippen molar-refractivity contribution < 1.29 is 28.7 Å². The largest absolute Gasteiger partial charge is 0.459 e. The third kappa shape index (κ3) is 6.46. The van der Waals surface area contributed by atoms with E-state index in [0.717, 1.165) is 49.4 Å². The Kier molecular flexibility index (Phi) is 9.35. The number of hydrogen-bond acceptors (Lipinski definition) is 6. The second-order valence-corrected chi connectivity index (χ2v) is 13.0. The number of nitrogens with one attached hydrogen (secondary N) is 1. The number of carbonyl (C=O) groups excluding carboxylic acids is 4. The topological polar surface area (TPSA) is 102 Å². The molecule has 0 aromatic heterocycles. The van der Waals surface area contributed by atoms with Crippen molar-refractivity contribution in [2.45, 2.75) is 91.0 Å². The van der Waals surface area contributed by atoms with Gasteiger partial charge in [0.2, 0.25) is 0 Å². The fourth-order valence-electron chi connectivity index (χ4n) is 9.21. The lowest BCUT2D eigenvalue weighted by Gasteiger charge is -2.54. The SMILES string of the molecule is CCOC(=O)C(=O)Nc1ccccc1N(C(=O)C(=O)OCC)[C@H]1C[C@H]2CCC[C@@H](C1)C2[C@H]1C[C@@H]2C[C@@H](C)C[C@@H](C2)C1. The number of benzene rings is 1. The second kappa shape index (κ2) is 13.0. The smallest absolute Gasteiger partial charge is 0.397 e. The molecule has 224 valence electrons. The van der Waals surface area contributed by atoms with Crippen LogP contribution in [-0.2, 0) is 28.7 Å². The summed E-state index contributed by atoms with van der Waals surface area (Å²) in [5, 5.41) is 2.62. The Morgan fingerprint density at radius 3 is 2.05 bits per heavy atom. The maximum atomic E-state index is 13.7. The molecule has 0 spiro atoms. The van der Waals surface area contributed by atoms with Crippen LogP contribution in [0.5, 0.6) is 0 Å². The number of esters is 2. The van der Waals surface area contributed by atoms with Crippen molar-refractivity contribution in [2.24, 2.45) is 41.4 Å². The summed E-state index contributed by atoms with van der Waals surface area (Å²) >= 11 is 0. The first-order valence-electron chi connectivity index (χ1n) is 15.9. The molecule has 0 saturated heterocycles. The molecule has 0 radical (unpaired) electrons. The van der Waals surface area contributed by atoms with Crippen LogP contribution in [0.1, 0.15) is 85.0 Å². The third-order valence-corrected chi connectivity index (χ3v) is 10.2. The molecule has 8 heteroatoms. The molecule has 0 aliphatic heterocycles. The van der Waals surface area contributed by atoms with Gasteiger partial charge in [-0.3, -0.25) is 14.5 Å². The van der Waals surface area contributed by atoms with Crippen molar-refractivity contribution in [2.75, 3.05) is 23.4 Å². The van der Waals surface area contributed by atoms with Gasteiger partial charge in [-0.25, -0.2) is 9.59 Å². The van der Waals surface area contributed by atoms with E-state index in [2.05, 4.69) is 12.2 Å². The van der Waals surface area contributed by atoms with Crippen LogP contribution in [0.3, 0.4) is 0 Å². The average molecular weight is 567 g/mol. The van der Waals surface area contributed by atoms with E-state index >= 15 is 0 Å². The van der Waals surface area contributed by atoms with Gasteiger partial charge in [0.25, 0.3) is 0 Å². The minimum absolute atomic E-state index is 0.0783. The average Bonchev–Trinajstić information content (AvgIpc) is 2.93. The Bertz CT molecular complexity index is 1100. The monoisotopic (exact) mass is 566 g/mol. The fraction of sp³-hybridized carbons (Fsp3) is 0.697. The molecule has 8 atom stereocenters. The van der Waals surface area contributed by atoms with E-state index in [9.17, 15) is 19.2 Å². The van der Waals surface area contributed by atoms with Gasteiger partial charge in [0.05, 0.1) is 24.6 Å². The number of hydrogen-bond donors (Lipinski definition) is 1. The van der Waals surface area contributed by atoms with Gasteiger partial charge in [-0.2, -0.15) is 0 Å². The molecule has 2 amide bonds. The first-order valence-corrected chi connectivity index (χ1v) is 15.9. The zero-order valence-corrected chi connectivity index (χ0v) is 24.8. The molecule has 5 rings (SSSR count). The van der Waals surface area contributed by atoms with Crippen LogP contribution in [0.2, 0.25) is 0 Å². The first-order chi connectivity index (χ1) is 19.8. The Balaban J connectivity index is 1.41. The quantitative estimate of drug-likeness (QED) is 0.348. The molecule has 4 bridgehead atoms. The van der Waals surface area contributed by atoms with E-state index in [-0.39, 0.29) is 19.3 Å². The number of amides is 2. The summed E-state index contributed by atoms with van der Waals surface area (Å²) < 4.78 is 10.0. The van der Waals surface area contributed by atoms with E-state index in [1.165, 1.54) is 38.5 Å². The summed E-state index contributed by atoms with van der Waals surface area (Å²) in [5.74, 6) is 1.47. The first kappa shape index (κ1) is 29.6. The highest BCUT2D eigenvalue weighted by Crippen LogP contribution is 2.56. The molecule has 1 N–H and O–H groups in total. The third-order valence-electron chi connectivity index (χ3n) is 10.2. The highest BCUT2D eigenvalue weighted by molar-refractivity contribution is 6.40. The standard InChI is InChI=1S/C33H46N2O6/c1-4-40-32(38)30(36)34-27-11-6-7-12-28(27)35(31(37)33(39)41-5-2)26-18-23-9-8-10-24(19-26)29(23)25-16-21-13-20(3)14-22(15-21)17-25/h6-7,11-12,20-26,29H,4-5,8-10,13-19H2,1-3H3,(H,34,36)/t20-,21-,22+,23-,24+,25+,26+,29?. The maximum Gasteiger partial charge on any atom is 0.397 e. The molecule has 41 heavy (non-hydrogen) atoms. The number of carbonyl (C=O) groups is 4. The van der Waals surface area contributed by atoms with Crippen LogP contribution >= 0.6 is 0 Å². The van der Waals surface area contributed by atoms with E-state index in [0.29, 0.717) is 29.1 Å². The Morgan fingerprint density at radius 1 is 0.805 bits per heavy atom. The van der Waals surface area contributed by atoms with Crippen molar-refractivity contribution in [3.63, 3.8) is 0 Å². The summed E-state index contributed by atoms with van der Waals surface area (Å²) in [5.41, 5.74) is 0.704. The molecule has 8 nitrogen and oxygen atoms in total. The zero-order valence-electron chi connectivity index (χ0n) is 24.8. The summed E-state index contributed by atoms with van der Waals surface area (Å²) in [6.07, 6.45) is 12.0. The molecule has 0 heterocycles. The van der Waals surface area contributed by atoms with Crippen molar-refractivity contribution >= 4 is 35.1 Å². The fourth-order valence-corrected chi connectivity index (χ4v) is 9.21. The van der Waals surface area contributed by atoms with Gasteiger partial charge in [0.1, 0.15) is 0 Å². The minimum Gasteiger partial charge on any atom is -0.459 e. The Hall–Kier alpha value is -2.90. The molecule has 4 aliphatic rings. The Morgan fingerprint density at radius 2 is 1.41 bits per heavy atom. The Labute approximate surface area is 243 Å². The summed E-state index contributed by atoms with van der Waals surface area (Å²) in [7, 11) is 0. The van der Waals surface area contributed by atoms with Gasteiger partial charge in [-0.05, 0) is 112 Å². The molecule has 1 aromatic rings. The molecule has 4 fully saturated rings. The number of ether oxygens (including phenoxy) is 2. The zero-order chi connectivity index (χ0) is 29.1. The predicted octanol–water partition coefficient (Wildman–Crippen LogP) is 5.74. The van der Waals surface area contributed by atoms with Gasteiger partial charge < -0.3 is 14.8 Å². The molecule has 4 saturated carbocycles. The van der Waals surface area contributed by atoms with Gasteiger partial charge in [0, 0.05) is 6.04 Å². The van der Waals surface area contributed by atoms with Crippen molar-refractivity contribution in [3.05, 3.63) is 24.3 Å². The molecule has 1 aromatic carbocycles.